The Balaban J connectivity index is 1.20. The van der Waals surface area contributed by atoms with Crippen molar-refractivity contribution in [2.75, 3.05) is 0 Å². The van der Waals surface area contributed by atoms with Crippen molar-refractivity contribution < 1.29 is 0 Å². The van der Waals surface area contributed by atoms with Gasteiger partial charge in [0.1, 0.15) is 84.0 Å². The third kappa shape index (κ3) is 6.22. The number of nitrogens with zero attached hydrogens (tertiary/aromatic N) is 5. The third-order valence-electron chi connectivity index (χ3n) is 18.2. The van der Waals surface area contributed by atoms with Gasteiger partial charge in [0.2, 0.25) is 5.95 Å². The predicted octanol–water partition coefficient (Wildman–Crippen LogP) is -3.30. The molecule has 0 saturated heterocycles. The highest BCUT2D eigenvalue weighted by Gasteiger charge is 2.45. The standard InChI is InChI=1S/C59H51B10N5/c1-58(2)36-18-9-6-15-30(36)31-23-22-29(27-38(31)58)56-70-55(28-13-4-3-5-14-28)71-57(72-56)73-39-20-10-7-16-32(39)34-24-25-35-33-17-8-11-21-40(33)74(54(35)53(34)73)59(42-45(62)49(66)52(69)50(67)46(42)63)26-12-19-37(59)41-43(60)47(64)51(68)48(65)44(41)61/h3-27H,60-69H2,1-2H3. The Morgan fingerprint density at radius 2 is 0.959 bits per heavy atom. The lowest BCUT2D eigenvalue weighted by molar-refractivity contribution is 0.630. The molecule has 74 heavy (non-hydrogen) atoms. The summed E-state index contributed by atoms with van der Waals surface area (Å²) in [5, 5.41) is 4.65. The average molecular weight is 938 g/mol. The van der Waals surface area contributed by atoms with E-state index in [0.717, 1.165) is 44.0 Å². The van der Waals surface area contributed by atoms with Crippen molar-refractivity contribution in [1.29, 1.82) is 0 Å². The van der Waals surface area contributed by atoms with E-state index in [4.69, 9.17) is 15.0 Å². The minimum Gasteiger partial charge on any atom is -0.321 e. The lowest BCUT2D eigenvalue weighted by Crippen LogP contribution is -2.61. The molecule has 1 atom stereocenters. The summed E-state index contributed by atoms with van der Waals surface area (Å²) in [6.45, 7) is 4.66. The minimum absolute atomic E-state index is 0.192. The fourth-order valence-corrected chi connectivity index (χ4v) is 13.5. The van der Waals surface area contributed by atoms with E-state index < -0.39 is 5.54 Å². The van der Waals surface area contributed by atoms with E-state index in [1.54, 1.807) is 0 Å². The molecular formula is C59H51B10N5. The van der Waals surface area contributed by atoms with Gasteiger partial charge in [-0.1, -0.05) is 163 Å². The fourth-order valence-electron chi connectivity index (χ4n) is 13.5. The third-order valence-corrected chi connectivity index (χ3v) is 18.2. The molecule has 0 N–H and O–H groups in total. The Morgan fingerprint density at radius 1 is 0.432 bits per heavy atom. The van der Waals surface area contributed by atoms with E-state index in [-0.39, 0.29) is 5.41 Å². The van der Waals surface area contributed by atoms with Crippen LogP contribution in [0.5, 0.6) is 0 Å². The van der Waals surface area contributed by atoms with Crippen LogP contribution in [-0.4, -0.2) is 103 Å². The lowest BCUT2D eigenvalue weighted by atomic mass is 9.55. The van der Waals surface area contributed by atoms with Crippen molar-refractivity contribution in [1.82, 2.24) is 24.1 Å². The van der Waals surface area contributed by atoms with Crippen LogP contribution < -0.4 is 54.6 Å². The first-order chi connectivity index (χ1) is 35.6. The number of hydrogen-bond donors (Lipinski definition) is 0. The van der Waals surface area contributed by atoms with Crippen molar-refractivity contribution in [2.45, 2.75) is 24.8 Å². The van der Waals surface area contributed by atoms with Gasteiger partial charge in [0.15, 0.2) is 11.6 Å². The molecule has 13 rings (SSSR count). The Kier molecular flexibility index (Phi) is 10.3. The SMILES string of the molecule is Bc1c(B)c(B)c(C2=CC=CC2(c2c(B)c(B)c(B)c(B)c2B)n2c3ccccc3c3ccc4c5ccccc5n(-c5nc(-c6ccccc6)nc(-c6ccc7c(c6)C(C)(C)c6ccccc6-7)n5)c4c32)c(B)c1B. The quantitative estimate of drug-likeness (QED) is 0.165. The molecule has 11 aromatic rings. The molecule has 0 radical (unpaired) electrons. The second-order valence-corrected chi connectivity index (χ2v) is 21.8. The van der Waals surface area contributed by atoms with E-state index in [1.807, 2.05) is 6.07 Å². The Bertz CT molecular complexity index is 4310. The summed E-state index contributed by atoms with van der Waals surface area (Å²) in [6.07, 6.45) is 7.26. The average Bonchev–Trinajstić information content (AvgIpc) is 4.19. The normalized spacial score (nSPS) is 15.6. The van der Waals surface area contributed by atoms with E-state index >= 15 is 0 Å². The summed E-state index contributed by atoms with van der Waals surface area (Å²) in [4.78, 5) is 16.5. The molecule has 0 fully saturated rings. The van der Waals surface area contributed by atoms with Crippen molar-refractivity contribution >= 4 is 182 Å². The van der Waals surface area contributed by atoms with Crippen LogP contribution in [0.25, 0.3) is 89.0 Å². The van der Waals surface area contributed by atoms with Crippen molar-refractivity contribution in [3.8, 4) is 39.9 Å². The van der Waals surface area contributed by atoms with Crippen LogP contribution in [0, 0.1) is 0 Å². The van der Waals surface area contributed by atoms with Gasteiger partial charge in [-0.15, -0.1) is 32.8 Å². The van der Waals surface area contributed by atoms with E-state index in [2.05, 4.69) is 247 Å². The molecule has 1 unspecified atom stereocenters. The maximum atomic E-state index is 5.64. The van der Waals surface area contributed by atoms with Gasteiger partial charge in [0.25, 0.3) is 0 Å². The number of aromatic nitrogens is 5. The highest BCUT2D eigenvalue weighted by molar-refractivity contribution is 6.69. The molecule has 0 saturated carbocycles. The molecule has 0 aliphatic heterocycles. The van der Waals surface area contributed by atoms with Gasteiger partial charge >= 0.3 is 0 Å². The second kappa shape index (κ2) is 16.5. The zero-order chi connectivity index (χ0) is 51.3. The first-order valence-corrected chi connectivity index (χ1v) is 26.2. The molecule has 342 valence electrons. The summed E-state index contributed by atoms with van der Waals surface area (Å²) in [7, 11) is 23.2. The van der Waals surface area contributed by atoms with E-state index in [0.29, 0.717) is 17.6 Å². The zero-order valence-electron chi connectivity index (χ0n) is 44.7. The van der Waals surface area contributed by atoms with Crippen molar-refractivity contribution in [2.24, 2.45) is 0 Å². The molecule has 5 nitrogen and oxygen atoms in total. The molecule has 3 heterocycles. The number of hydrogen-bond acceptors (Lipinski definition) is 3. The van der Waals surface area contributed by atoms with Gasteiger partial charge < -0.3 is 4.57 Å². The highest BCUT2D eigenvalue weighted by atomic mass is 15.2. The van der Waals surface area contributed by atoms with E-state index in [1.165, 1.54) is 104 Å². The van der Waals surface area contributed by atoms with Gasteiger partial charge in [-0.05, 0) is 63.2 Å². The molecule has 0 bridgehead atoms. The molecule has 15 heteroatoms. The minimum atomic E-state index is -0.785. The van der Waals surface area contributed by atoms with Crippen LogP contribution in [0.15, 0.2) is 152 Å². The summed E-state index contributed by atoms with van der Waals surface area (Å²) >= 11 is 0. The van der Waals surface area contributed by atoms with Crippen molar-refractivity contribution in [3.63, 3.8) is 0 Å². The second-order valence-electron chi connectivity index (χ2n) is 21.8. The van der Waals surface area contributed by atoms with Gasteiger partial charge in [0.05, 0.1) is 22.1 Å². The molecule has 0 spiro atoms. The van der Waals surface area contributed by atoms with Crippen molar-refractivity contribution in [3.05, 3.63) is 174 Å². The number of fused-ring (bicyclic) bond motifs is 10. The first-order valence-electron chi connectivity index (χ1n) is 26.2. The predicted molar refractivity (Wildman–Crippen MR) is 344 cm³/mol. The summed E-state index contributed by atoms with van der Waals surface area (Å²) in [5.74, 6) is 1.83. The lowest BCUT2D eigenvalue weighted by Gasteiger charge is -2.41. The van der Waals surface area contributed by atoms with Crippen LogP contribution in [0.3, 0.4) is 0 Å². The van der Waals surface area contributed by atoms with Crippen LogP contribution in [0.2, 0.25) is 0 Å². The maximum Gasteiger partial charge on any atom is 0.238 e. The number of rotatable bonds is 6. The molecular weight excluding hydrogens is 887 g/mol. The largest absolute Gasteiger partial charge is 0.321 e. The summed E-state index contributed by atoms with van der Waals surface area (Å²) in [5.41, 5.74) is 27.7. The van der Waals surface area contributed by atoms with Crippen LogP contribution in [0.4, 0.5) is 0 Å². The topological polar surface area (TPSA) is 48.5 Å². The van der Waals surface area contributed by atoms with Gasteiger partial charge in [0, 0.05) is 38.1 Å². The van der Waals surface area contributed by atoms with Gasteiger partial charge in [-0.3, -0.25) is 4.57 Å². The number of para-hydroxylation sites is 2. The van der Waals surface area contributed by atoms with Crippen LogP contribution in [-0.2, 0) is 11.0 Å². The first kappa shape index (κ1) is 46.3. The molecule has 0 amide bonds. The number of benzene rings is 8. The Hall–Kier alpha value is -7.50. The van der Waals surface area contributed by atoms with Crippen LogP contribution >= 0.6 is 0 Å². The fraction of sp³-hybridized carbons (Fsp3) is 0.0678. The molecule has 2 aliphatic carbocycles. The monoisotopic (exact) mass is 940 g/mol. The summed E-state index contributed by atoms with van der Waals surface area (Å²) in [6, 6.07) is 48.5. The zero-order valence-corrected chi connectivity index (χ0v) is 44.7. The molecule has 2 aliphatic rings. The van der Waals surface area contributed by atoms with Gasteiger partial charge in [-0.25, -0.2) is 4.98 Å². The Labute approximate surface area is 442 Å². The van der Waals surface area contributed by atoms with Gasteiger partial charge in [-0.2, -0.15) is 9.97 Å². The number of allylic oxidation sites excluding steroid dienone is 4. The smallest absolute Gasteiger partial charge is 0.238 e. The van der Waals surface area contributed by atoms with Crippen LogP contribution in [0.1, 0.15) is 36.1 Å². The maximum absolute atomic E-state index is 5.64. The molecule has 8 aromatic carbocycles. The summed E-state index contributed by atoms with van der Waals surface area (Å²) < 4.78 is 5.07. The Morgan fingerprint density at radius 3 is 1.64 bits per heavy atom. The molecule has 3 aromatic heterocycles. The highest BCUT2D eigenvalue weighted by Crippen LogP contribution is 2.51. The van der Waals surface area contributed by atoms with E-state index in [9.17, 15) is 0 Å².